The Balaban J connectivity index is 1.84. The molecule has 29 heavy (non-hydrogen) atoms. The maximum Gasteiger partial charge on any atom is 0.119 e. The van der Waals surface area contributed by atoms with Crippen molar-refractivity contribution in [2.45, 2.75) is 26.4 Å². The number of aromatic nitrogens is 1. The topological polar surface area (TPSA) is 64.1 Å². The van der Waals surface area contributed by atoms with Gasteiger partial charge in [0.1, 0.15) is 18.5 Å². The van der Waals surface area contributed by atoms with E-state index in [9.17, 15) is 5.11 Å². The van der Waals surface area contributed by atoms with Gasteiger partial charge in [0.25, 0.3) is 0 Å². The third-order valence-electron chi connectivity index (χ3n) is 4.56. The highest BCUT2D eigenvalue weighted by molar-refractivity contribution is 5.27. The zero-order chi connectivity index (χ0) is 20.7. The minimum absolute atomic E-state index is 0.530. The van der Waals surface area contributed by atoms with E-state index in [1.807, 2.05) is 44.2 Å². The summed E-state index contributed by atoms with van der Waals surface area (Å²) in [6.07, 6.45) is 1.99. The summed E-state index contributed by atoms with van der Waals surface area (Å²) in [5.41, 5.74) is 1.93. The van der Waals surface area contributed by atoms with Crippen LogP contribution in [0.15, 0.2) is 48.7 Å². The molecule has 0 spiro atoms. The van der Waals surface area contributed by atoms with Crippen molar-refractivity contribution in [3.05, 3.63) is 59.9 Å². The number of nitrogens with zero attached hydrogens (tertiary/aromatic N) is 2. The van der Waals surface area contributed by atoms with Crippen LogP contribution >= 0.6 is 0 Å². The molecule has 1 heterocycles. The van der Waals surface area contributed by atoms with E-state index < -0.39 is 6.10 Å². The van der Waals surface area contributed by atoms with Crippen molar-refractivity contribution >= 4 is 0 Å². The van der Waals surface area contributed by atoms with Gasteiger partial charge in [0.15, 0.2) is 0 Å². The summed E-state index contributed by atoms with van der Waals surface area (Å²) in [7, 11) is 0. The van der Waals surface area contributed by atoms with Crippen molar-refractivity contribution in [2.75, 3.05) is 52.7 Å². The van der Waals surface area contributed by atoms with E-state index in [0.717, 1.165) is 25.3 Å². The Kier molecular flexibility index (Phi) is 11.3. The SMILES string of the molecule is CCOCCOc1ccc(CCN(CCOCC)CC(O)c2ccccn2)cc1. The van der Waals surface area contributed by atoms with Crippen LogP contribution in [0.25, 0.3) is 0 Å². The minimum Gasteiger partial charge on any atom is -0.491 e. The molecule has 0 fully saturated rings. The lowest BCUT2D eigenvalue weighted by Crippen LogP contribution is -2.34. The van der Waals surface area contributed by atoms with Gasteiger partial charge < -0.3 is 19.3 Å². The zero-order valence-electron chi connectivity index (χ0n) is 17.6. The van der Waals surface area contributed by atoms with Gasteiger partial charge in [-0.2, -0.15) is 0 Å². The second kappa shape index (κ2) is 14.1. The van der Waals surface area contributed by atoms with Crippen molar-refractivity contribution in [3.8, 4) is 5.75 Å². The molecule has 0 aliphatic heterocycles. The average Bonchev–Trinajstić information content (AvgIpc) is 2.76. The molecule has 1 atom stereocenters. The first kappa shape index (κ1) is 23.3. The van der Waals surface area contributed by atoms with Gasteiger partial charge >= 0.3 is 0 Å². The molecule has 1 unspecified atom stereocenters. The molecule has 1 aromatic carbocycles. The molecule has 0 bridgehead atoms. The maximum absolute atomic E-state index is 10.5. The highest BCUT2D eigenvalue weighted by atomic mass is 16.5. The summed E-state index contributed by atoms with van der Waals surface area (Å²) in [4.78, 5) is 6.49. The molecule has 0 saturated heterocycles. The van der Waals surface area contributed by atoms with Crippen LogP contribution < -0.4 is 4.74 Å². The molecule has 6 heteroatoms. The standard InChI is InChI=1S/C23H34N2O4/c1-3-27-16-15-25(19-23(26)22-7-5-6-13-24-22)14-12-20-8-10-21(11-9-20)29-18-17-28-4-2/h5-11,13,23,26H,3-4,12,14-19H2,1-2H3. The van der Waals surface area contributed by atoms with Gasteiger partial charge in [-0.3, -0.25) is 9.88 Å². The fraction of sp³-hybridized carbons (Fsp3) is 0.522. The normalized spacial score (nSPS) is 12.3. The van der Waals surface area contributed by atoms with Crippen LogP contribution in [-0.4, -0.2) is 67.7 Å². The third kappa shape index (κ3) is 9.37. The quantitative estimate of drug-likeness (QED) is 0.462. The largest absolute Gasteiger partial charge is 0.491 e. The molecule has 6 nitrogen and oxygen atoms in total. The summed E-state index contributed by atoms with van der Waals surface area (Å²) >= 11 is 0. The first-order chi connectivity index (χ1) is 14.2. The fourth-order valence-corrected chi connectivity index (χ4v) is 2.95. The molecule has 0 amide bonds. The molecule has 1 aromatic heterocycles. The van der Waals surface area contributed by atoms with Gasteiger partial charge in [0, 0.05) is 39.0 Å². The lowest BCUT2D eigenvalue weighted by molar-refractivity contribution is 0.0754. The van der Waals surface area contributed by atoms with E-state index in [-0.39, 0.29) is 0 Å². The van der Waals surface area contributed by atoms with Crippen LogP contribution in [0.3, 0.4) is 0 Å². The number of pyridine rings is 1. The van der Waals surface area contributed by atoms with Crippen LogP contribution in [0.1, 0.15) is 31.2 Å². The zero-order valence-corrected chi connectivity index (χ0v) is 17.6. The minimum atomic E-state index is -0.612. The summed E-state index contributed by atoms with van der Waals surface area (Å²) in [6.45, 7) is 9.32. The van der Waals surface area contributed by atoms with E-state index in [2.05, 4.69) is 22.0 Å². The Morgan fingerprint density at radius 1 is 0.931 bits per heavy atom. The molecule has 160 valence electrons. The Morgan fingerprint density at radius 2 is 1.69 bits per heavy atom. The summed E-state index contributed by atoms with van der Waals surface area (Å²) in [6, 6.07) is 13.8. The number of ether oxygens (including phenoxy) is 3. The van der Waals surface area contributed by atoms with Crippen molar-refractivity contribution < 1.29 is 19.3 Å². The highest BCUT2D eigenvalue weighted by Crippen LogP contribution is 2.15. The summed E-state index contributed by atoms with van der Waals surface area (Å²) < 4.78 is 16.5. The predicted molar refractivity (Wildman–Crippen MR) is 114 cm³/mol. The first-order valence-corrected chi connectivity index (χ1v) is 10.4. The number of hydrogen-bond donors (Lipinski definition) is 1. The van der Waals surface area contributed by atoms with Gasteiger partial charge in [-0.25, -0.2) is 0 Å². The highest BCUT2D eigenvalue weighted by Gasteiger charge is 2.14. The smallest absolute Gasteiger partial charge is 0.119 e. The summed E-state index contributed by atoms with van der Waals surface area (Å²) in [5.74, 6) is 0.854. The van der Waals surface area contributed by atoms with Crippen molar-refractivity contribution in [1.82, 2.24) is 9.88 Å². The lowest BCUT2D eigenvalue weighted by atomic mass is 10.1. The molecule has 0 saturated carbocycles. The van der Waals surface area contributed by atoms with Crippen molar-refractivity contribution in [1.29, 1.82) is 0 Å². The molecule has 2 rings (SSSR count). The number of rotatable bonds is 15. The first-order valence-electron chi connectivity index (χ1n) is 10.4. The Bertz CT molecular complexity index is 652. The second-order valence-electron chi connectivity index (χ2n) is 6.71. The molecule has 0 aliphatic carbocycles. The van der Waals surface area contributed by atoms with E-state index in [0.29, 0.717) is 45.3 Å². The molecule has 2 aromatic rings. The van der Waals surface area contributed by atoms with Crippen LogP contribution in [0, 0.1) is 0 Å². The monoisotopic (exact) mass is 402 g/mol. The molecule has 1 N–H and O–H groups in total. The number of hydrogen-bond acceptors (Lipinski definition) is 6. The molecule has 0 aliphatic rings. The Hall–Kier alpha value is -1.99. The van der Waals surface area contributed by atoms with Gasteiger partial charge in [-0.1, -0.05) is 18.2 Å². The second-order valence-corrected chi connectivity index (χ2v) is 6.71. The number of benzene rings is 1. The fourth-order valence-electron chi connectivity index (χ4n) is 2.95. The Labute approximate surface area is 174 Å². The van der Waals surface area contributed by atoms with Gasteiger partial charge in [0.2, 0.25) is 0 Å². The van der Waals surface area contributed by atoms with Crippen molar-refractivity contribution in [3.63, 3.8) is 0 Å². The van der Waals surface area contributed by atoms with E-state index >= 15 is 0 Å². The predicted octanol–water partition coefficient (Wildman–Crippen LogP) is 3.11. The lowest BCUT2D eigenvalue weighted by Gasteiger charge is -2.25. The number of aliphatic hydroxyl groups is 1. The van der Waals surface area contributed by atoms with Crippen LogP contribution in [0.5, 0.6) is 5.75 Å². The molecular weight excluding hydrogens is 368 g/mol. The summed E-state index contributed by atoms with van der Waals surface area (Å²) in [5, 5.41) is 10.5. The van der Waals surface area contributed by atoms with Crippen LogP contribution in [-0.2, 0) is 15.9 Å². The maximum atomic E-state index is 10.5. The van der Waals surface area contributed by atoms with Gasteiger partial charge in [-0.15, -0.1) is 0 Å². The van der Waals surface area contributed by atoms with E-state index in [4.69, 9.17) is 14.2 Å². The number of aliphatic hydroxyl groups excluding tert-OH is 1. The van der Waals surface area contributed by atoms with Gasteiger partial charge in [0.05, 0.1) is 18.9 Å². The third-order valence-corrected chi connectivity index (χ3v) is 4.56. The van der Waals surface area contributed by atoms with Crippen LogP contribution in [0.2, 0.25) is 0 Å². The Morgan fingerprint density at radius 3 is 2.38 bits per heavy atom. The van der Waals surface area contributed by atoms with E-state index in [1.165, 1.54) is 5.56 Å². The van der Waals surface area contributed by atoms with Gasteiger partial charge in [-0.05, 0) is 50.1 Å². The van der Waals surface area contributed by atoms with Crippen LogP contribution in [0.4, 0.5) is 0 Å². The average molecular weight is 403 g/mol. The molecular formula is C23H34N2O4. The van der Waals surface area contributed by atoms with E-state index in [1.54, 1.807) is 6.20 Å². The molecule has 0 radical (unpaired) electrons. The van der Waals surface area contributed by atoms with Crippen molar-refractivity contribution in [2.24, 2.45) is 0 Å².